The molecule has 128 valence electrons. The highest BCUT2D eigenvalue weighted by Crippen LogP contribution is 2.39. The van der Waals surface area contributed by atoms with E-state index >= 15 is 0 Å². The van der Waals surface area contributed by atoms with Crippen LogP contribution < -0.4 is 0 Å². The second-order valence-electron chi connectivity index (χ2n) is 6.55. The first-order valence-electron chi connectivity index (χ1n) is 8.93. The molecule has 0 atom stereocenters. The second kappa shape index (κ2) is 8.97. The van der Waals surface area contributed by atoms with E-state index in [9.17, 15) is 8.78 Å². The van der Waals surface area contributed by atoms with Crippen LogP contribution in [0.5, 0.6) is 0 Å². The lowest BCUT2D eigenvalue weighted by molar-refractivity contribution is 0.0234. The van der Waals surface area contributed by atoms with Crippen LogP contribution in [0.25, 0.3) is 0 Å². The lowest BCUT2D eigenvalue weighted by Crippen LogP contribution is -2.24. The van der Waals surface area contributed by atoms with E-state index in [2.05, 4.69) is 0 Å². The van der Waals surface area contributed by atoms with Crippen molar-refractivity contribution in [2.24, 2.45) is 11.8 Å². The Bertz CT molecular complexity index is 320. The molecule has 2 saturated carbocycles. The van der Waals surface area contributed by atoms with Gasteiger partial charge in [-0.2, -0.15) is 0 Å². The van der Waals surface area contributed by atoms with Crippen LogP contribution in [0.4, 0.5) is 8.78 Å². The van der Waals surface area contributed by atoms with Crippen LogP contribution >= 0.6 is 0 Å². The highest BCUT2D eigenvalue weighted by molar-refractivity contribution is 5.09. The van der Waals surface area contributed by atoms with Crippen molar-refractivity contribution in [3.8, 4) is 0 Å². The fourth-order valence-electron chi connectivity index (χ4n) is 3.83. The van der Waals surface area contributed by atoms with Crippen LogP contribution in [-0.4, -0.2) is 25.4 Å². The molecule has 2 rings (SSSR count). The Kier molecular flexibility index (Phi) is 7.29. The molecule has 0 aromatic heterocycles. The summed E-state index contributed by atoms with van der Waals surface area (Å²) in [5.74, 6) is -1.42. The van der Waals surface area contributed by atoms with Crippen LogP contribution in [0.2, 0.25) is 0 Å². The molecular weight excluding hydrogens is 286 g/mol. The van der Waals surface area contributed by atoms with Crippen LogP contribution in [0.3, 0.4) is 0 Å². The topological polar surface area (TPSA) is 18.5 Å². The molecule has 0 N–H and O–H groups in total. The summed E-state index contributed by atoms with van der Waals surface area (Å²) >= 11 is 0. The van der Waals surface area contributed by atoms with Gasteiger partial charge >= 0.3 is 0 Å². The van der Waals surface area contributed by atoms with Gasteiger partial charge in [0.15, 0.2) is 0 Å². The quantitative estimate of drug-likeness (QED) is 0.659. The number of ether oxygens (including phenoxy) is 2. The van der Waals surface area contributed by atoms with Gasteiger partial charge in [0, 0.05) is 25.0 Å². The van der Waals surface area contributed by atoms with E-state index < -0.39 is 11.7 Å². The number of rotatable bonds is 6. The SMILES string of the molecule is CCOC1CCC(/C(F)=C(\F)C2CCC(OCC)CC2)CC1. The van der Waals surface area contributed by atoms with Gasteiger partial charge in [0.2, 0.25) is 0 Å². The van der Waals surface area contributed by atoms with Crippen LogP contribution in [0.1, 0.15) is 65.2 Å². The molecule has 2 fully saturated rings. The molecule has 0 saturated heterocycles. The van der Waals surface area contributed by atoms with E-state index in [1.165, 1.54) is 0 Å². The summed E-state index contributed by atoms with van der Waals surface area (Å²) in [6.45, 7) is 5.35. The van der Waals surface area contributed by atoms with Crippen molar-refractivity contribution < 1.29 is 18.3 Å². The highest BCUT2D eigenvalue weighted by Gasteiger charge is 2.31. The summed E-state index contributed by atoms with van der Waals surface area (Å²) in [6, 6.07) is 0. The van der Waals surface area contributed by atoms with Crippen molar-refractivity contribution in [2.45, 2.75) is 77.4 Å². The monoisotopic (exact) mass is 316 g/mol. The molecule has 0 aromatic rings. The largest absolute Gasteiger partial charge is 0.379 e. The minimum atomic E-state index is -0.477. The van der Waals surface area contributed by atoms with E-state index in [0.717, 1.165) is 25.7 Å². The minimum Gasteiger partial charge on any atom is -0.379 e. The second-order valence-corrected chi connectivity index (χ2v) is 6.55. The van der Waals surface area contributed by atoms with Gasteiger partial charge in [-0.3, -0.25) is 0 Å². The molecule has 2 aliphatic carbocycles. The first-order chi connectivity index (χ1) is 10.7. The third kappa shape index (κ3) is 4.76. The molecule has 0 aromatic carbocycles. The van der Waals surface area contributed by atoms with Gasteiger partial charge in [0.25, 0.3) is 0 Å². The van der Waals surface area contributed by atoms with Crippen LogP contribution in [-0.2, 0) is 9.47 Å². The average Bonchev–Trinajstić information content (AvgIpc) is 2.55. The fourth-order valence-corrected chi connectivity index (χ4v) is 3.83. The highest BCUT2D eigenvalue weighted by atomic mass is 19.2. The smallest absolute Gasteiger partial charge is 0.135 e. The normalized spacial score (nSPS) is 34.4. The van der Waals surface area contributed by atoms with Crippen LogP contribution in [0.15, 0.2) is 11.7 Å². The summed E-state index contributed by atoms with van der Waals surface area (Å²) in [7, 11) is 0. The summed E-state index contributed by atoms with van der Waals surface area (Å²) in [5.41, 5.74) is 0. The van der Waals surface area contributed by atoms with Crippen molar-refractivity contribution in [3.05, 3.63) is 11.7 Å². The molecule has 4 heteroatoms. The van der Waals surface area contributed by atoms with Crippen molar-refractivity contribution in [1.29, 1.82) is 0 Å². The van der Waals surface area contributed by atoms with Gasteiger partial charge in [-0.15, -0.1) is 0 Å². The predicted octanol–water partition coefficient (Wildman–Crippen LogP) is 5.33. The summed E-state index contributed by atoms with van der Waals surface area (Å²) in [4.78, 5) is 0. The van der Waals surface area contributed by atoms with Gasteiger partial charge in [-0.25, -0.2) is 8.78 Å². The zero-order chi connectivity index (χ0) is 15.9. The fraction of sp³-hybridized carbons (Fsp3) is 0.889. The van der Waals surface area contributed by atoms with Gasteiger partial charge in [0.05, 0.1) is 12.2 Å². The third-order valence-electron chi connectivity index (χ3n) is 5.10. The Morgan fingerprint density at radius 1 is 0.682 bits per heavy atom. The molecule has 0 heterocycles. The van der Waals surface area contributed by atoms with E-state index in [4.69, 9.17) is 9.47 Å². The summed E-state index contributed by atoms with van der Waals surface area (Å²) in [5, 5.41) is 0. The molecule has 2 nitrogen and oxygen atoms in total. The van der Waals surface area contributed by atoms with Crippen molar-refractivity contribution in [2.75, 3.05) is 13.2 Å². The van der Waals surface area contributed by atoms with Gasteiger partial charge in [0.1, 0.15) is 11.7 Å². The molecule has 0 aliphatic heterocycles. The Hall–Kier alpha value is -0.480. The molecular formula is C18H30F2O2. The summed E-state index contributed by atoms with van der Waals surface area (Å²) in [6.07, 6.45) is 6.67. The average molecular weight is 316 g/mol. The maximum Gasteiger partial charge on any atom is 0.135 e. The molecule has 0 bridgehead atoms. The van der Waals surface area contributed by atoms with E-state index in [1.807, 2.05) is 13.8 Å². The van der Waals surface area contributed by atoms with Crippen molar-refractivity contribution >= 4 is 0 Å². The van der Waals surface area contributed by atoms with E-state index in [-0.39, 0.29) is 24.0 Å². The van der Waals surface area contributed by atoms with Crippen LogP contribution in [0, 0.1) is 11.8 Å². The zero-order valence-corrected chi connectivity index (χ0v) is 14.0. The molecule has 0 spiro atoms. The third-order valence-corrected chi connectivity index (χ3v) is 5.10. The Morgan fingerprint density at radius 2 is 1.00 bits per heavy atom. The summed E-state index contributed by atoms with van der Waals surface area (Å²) < 4.78 is 40.1. The number of halogens is 2. The minimum absolute atomic E-state index is 0.235. The Morgan fingerprint density at radius 3 is 1.27 bits per heavy atom. The first-order valence-corrected chi connectivity index (χ1v) is 8.93. The first kappa shape index (κ1) is 17.9. The molecule has 0 unspecified atom stereocenters. The number of hydrogen-bond donors (Lipinski definition) is 0. The van der Waals surface area contributed by atoms with Gasteiger partial charge in [-0.05, 0) is 65.2 Å². The van der Waals surface area contributed by atoms with Crippen molar-refractivity contribution in [1.82, 2.24) is 0 Å². The van der Waals surface area contributed by atoms with Crippen molar-refractivity contribution in [3.63, 3.8) is 0 Å². The molecule has 0 amide bonds. The predicted molar refractivity (Wildman–Crippen MR) is 84.0 cm³/mol. The molecule has 2 aliphatic rings. The Balaban J connectivity index is 1.85. The Labute approximate surface area is 133 Å². The lowest BCUT2D eigenvalue weighted by Gasteiger charge is -2.30. The van der Waals surface area contributed by atoms with E-state index in [1.54, 1.807) is 0 Å². The number of hydrogen-bond acceptors (Lipinski definition) is 2. The van der Waals surface area contributed by atoms with Gasteiger partial charge in [-0.1, -0.05) is 0 Å². The van der Waals surface area contributed by atoms with Gasteiger partial charge < -0.3 is 9.47 Å². The maximum absolute atomic E-state index is 14.5. The van der Waals surface area contributed by atoms with E-state index in [0.29, 0.717) is 38.9 Å². The molecule has 0 radical (unpaired) electrons. The number of allylic oxidation sites excluding steroid dienone is 2. The zero-order valence-electron chi connectivity index (χ0n) is 14.0. The lowest BCUT2D eigenvalue weighted by atomic mass is 9.82. The standard InChI is InChI=1S/C18H30F2O2/c1-3-21-15-9-5-13(6-10-15)17(19)18(20)14-7-11-16(12-8-14)22-4-2/h13-16H,3-12H2,1-2H3/b18-17+. The maximum atomic E-state index is 14.5. The molecule has 22 heavy (non-hydrogen) atoms.